The largest absolute Gasteiger partial charge is 0.0622 e. The van der Waals surface area contributed by atoms with E-state index < -0.39 is 0 Å². The van der Waals surface area contributed by atoms with Gasteiger partial charge >= 0.3 is 0 Å². The van der Waals surface area contributed by atoms with E-state index in [1.807, 2.05) is 0 Å². The Morgan fingerprint density at radius 1 is 0.238 bits per heavy atom. The van der Waals surface area contributed by atoms with Crippen molar-refractivity contribution < 1.29 is 0 Å². The van der Waals surface area contributed by atoms with Crippen molar-refractivity contribution in [2.75, 3.05) is 0 Å². The molecule has 8 rings (SSSR count). The van der Waals surface area contributed by atoms with Gasteiger partial charge in [-0.15, -0.1) is 0 Å². The van der Waals surface area contributed by atoms with Crippen LogP contribution in [0.5, 0.6) is 0 Å². The second-order valence-corrected chi connectivity index (χ2v) is 11.0. The van der Waals surface area contributed by atoms with Crippen LogP contribution in [0, 0.1) is 0 Å². The van der Waals surface area contributed by atoms with Crippen molar-refractivity contribution in [2.45, 2.75) is 0 Å². The van der Waals surface area contributed by atoms with Crippen molar-refractivity contribution in [3.05, 3.63) is 170 Å². The molecule has 0 saturated carbocycles. The Labute approximate surface area is 246 Å². The summed E-state index contributed by atoms with van der Waals surface area (Å²) >= 11 is 0. The molecule has 0 aliphatic carbocycles. The molecule has 0 aliphatic heterocycles. The second-order valence-electron chi connectivity index (χ2n) is 11.0. The molecule has 0 nitrogen and oxygen atoms in total. The first-order chi connectivity index (χ1) is 20.8. The van der Waals surface area contributed by atoms with E-state index in [1.54, 1.807) is 0 Å². The van der Waals surface area contributed by atoms with Crippen molar-refractivity contribution in [1.29, 1.82) is 0 Å². The zero-order valence-corrected chi connectivity index (χ0v) is 23.2. The summed E-state index contributed by atoms with van der Waals surface area (Å²) < 4.78 is 0. The zero-order chi connectivity index (χ0) is 27.9. The van der Waals surface area contributed by atoms with E-state index in [1.165, 1.54) is 76.8 Å². The Bertz CT molecular complexity index is 2220. The van der Waals surface area contributed by atoms with E-state index in [4.69, 9.17) is 0 Å². The fourth-order valence-electron chi connectivity index (χ4n) is 6.36. The summed E-state index contributed by atoms with van der Waals surface area (Å²) in [4.78, 5) is 0. The van der Waals surface area contributed by atoms with Crippen LogP contribution < -0.4 is 0 Å². The van der Waals surface area contributed by atoms with Gasteiger partial charge in [0.15, 0.2) is 0 Å². The Kier molecular flexibility index (Phi) is 5.90. The third kappa shape index (κ3) is 4.26. The topological polar surface area (TPSA) is 0 Å². The van der Waals surface area contributed by atoms with Crippen LogP contribution in [0.1, 0.15) is 0 Å². The molecule has 8 aromatic carbocycles. The van der Waals surface area contributed by atoms with Crippen molar-refractivity contribution in [2.24, 2.45) is 0 Å². The molecule has 0 bridgehead atoms. The highest BCUT2D eigenvalue weighted by atomic mass is 14.2. The Morgan fingerprint density at radius 2 is 0.738 bits per heavy atom. The van der Waals surface area contributed by atoms with Gasteiger partial charge in [-0.1, -0.05) is 146 Å². The standard InChI is InChI=1S/C42H28/c1-3-11-29(12-4-1)31-15-9-17-33(25-31)34-23-24-38-36(27-34)21-22-37-28-41(39-19-7-8-20-40(39)42(37)38)35-18-10-16-32(26-35)30-13-5-2-6-14-30/h1-28H. The van der Waals surface area contributed by atoms with E-state index in [0.717, 1.165) is 0 Å². The lowest BCUT2D eigenvalue weighted by atomic mass is 9.89. The monoisotopic (exact) mass is 532 g/mol. The lowest BCUT2D eigenvalue weighted by molar-refractivity contribution is 1.60. The molecule has 0 spiro atoms. The minimum atomic E-state index is 1.23. The third-order valence-electron chi connectivity index (χ3n) is 8.42. The first-order valence-electron chi connectivity index (χ1n) is 14.5. The molecule has 196 valence electrons. The van der Waals surface area contributed by atoms with Gasteiger partial charge in [-0.3, -0.25) is 0 Å². The summed E-state index contributed by atoms with van der Waals surface area (Å²) in [6.45, 7) is 0. The number of hydrogen-bond acceptors (Lipinski definition) is 0. The van der Waals surface area contributed by atoms with Gasteiger partial charge in [0.25, 0.3) is 0 Å². The van der Waals surface area contributed by atoms with Gasteiger partial charge in [0.2, 0.25) is 0 Å². The van der Waals surface area contributed by atoms with Gasteiger partial charge < -0.3 is 0 Å². The molecule has 8 aromatic rings. The van der Waals surface area contributed by atoms with Gasteiger partial charge in [-0.25, -0.2) is 0 Å². The maximum Gasteiger partial charge on any atom is -0.00264 e. The summed E-state index contributed by atoms with van der Waals surface area (Å²) in [5, 5.41) is 7.70. The molecular weight excluding hydrogens is 504 g/mol. The summed E-state index contributed by atoms with van der Waals surface area (Å²) in [6.07, 6.45) is 0. The molecule has 0 fully saturated rings. The van der Waals surface area contributed by atoms with Crippen LogP contribution in [-0.2, 0) is 0 Å². The molecular formula is C42H28. The van der Waals surface area contributed by atoms with Crippen LogP contribution in [0.15, 0.2) is 170 Å². The van der Waals surface area contributed by atoms with Gasteiger partial charge in [-0.05, 0) is 101 Å². The molecule has 0 radical (unpaired) electrons. The highest BCUT2D eigenvalue weighted by molar-refractivity contribution is 6.23. The van der Waals surface area contributed by atoms with Crippen LogP contribution in [0.3, 0.4) is 0 Å². The van der Waals surface area contributed by atoms with Crippen molar-refractivity contribution >= 4 is 32.3 Å². The summed E-state index contributed by atoms with van der Waals surface area (Å²) in [5.41, 5.74) is 9.92. The molecule has 0 saturated heterocycles. The number of rotatable bonds is 4. The molecule has 0 atom stereocenters. The molecule has 0 N–H and O–H groups in total. The third-order valence-corrected chi connectivity index (χ3v) is 8.42. The lowest BCUT2D eigenvalue weighted by Crippen LogP contribution is -1.88. The first-order valence-corrected chi connectivity index (χ1v) is 14.5. The normalized spacial score (nSPS) is 11.3. The Morgan fingerprint density at radius 3 is 1.43 bits per heavy atom. The second kappa shape index (κ2) is 10.2. The van der Waals surface area contributed by atoms with Crippen LogP contribution >= 0.6 is 0 Å². The van der Waals surface area contributed by atoms with Crippen LogP contribution in [0.4, 0.5) is 0 Å². The minimum Gasteiger partial charge on any atom is -0.0622 e. The van der Waals surface area contributed by atoms with Gasteiger partial charge in [0, 0.05) is 0 Å². The quantitative estimate of drug-likeness (QED) is 0.198. The predicted octanol–water partition coefficient (Wildman–Crippen LogP) is 11.8. The number of benzene rings is 8. The van der Waals surface area contributed by atoms with E-state index in [9.17, 15) is 0 Å². The van der Waals surface area contributed by atoms with Crippen LogP contribution in [-0.4, -0.2) is 0 Å². The maximum absolute atomic E-state index is 2.37. The zero-order valence-electron chi connectivity index (χ0n) is 23.2. The first kappa shape index (κ1) is 24.3. The van der Waals surface area contributed by atoms with Crippen molar-refractivity contribution in [1.82, 2.24) is 0 Å². The molecule has 0 unspecified atom stereocenters. The maximum atomic E-state index is 2.37. The highest BCUT2D eigenvalue weighted by Gasteiger charge is 2.13. The van der Waals surface area contributed by atoms with Gasteiger partial charge in [0.1, 0.15) is 0 Å². The average Bonchev–Trinajstić information content (AvgIpc) is 3.08. The molecule has 42 heavy (non-hydrogen) atoms. The van der Waals surface area contributed by atoms with E-state index in [0.29, 0.717) is 0 Å². The smallest absolute Gasteiger partial charge is 0.00264 e. The molecule has 0 aliphatic rings. The predicted molar refractivity (Wildman–Crippen MR) is 181 cm³/mol. The average molecular weight is 533 g/mol. The van der Waals surface area contributed by atoms with E-state index >= 15 is 0 Å². The van der Waals surface area contributed by atoms with Crippen molar-refractivity contribution in [3.63, 3.8) is 0 Å². The number of hydrogen-bond donors (Lipinski definition) is 0. The van der Waals surface area contributed by atoms with E-state index in [2.05, 4.69) is 170 Å². The Hall–Kier alpha value is -5.46. The summed E-state index contributed by atoms with van der Waals surface area (Å²) in [5.74, 6) is 0. The lowest BCUT2D eigenvalue weighted by Gasteiger charge is -2.15. The molecule has 0 heterocycles. The van der Waals surface area contributed by atoms with Crippen molar-refractivity contribution in [3.8, 4) is 44.5 Å². The SMILES string of the molecule is c1ccc(-c2cccc(-c3ccc4c(ccc5cc(-c6cccc(-c7ccccc7)c6)c6ccccc6c54)c3)c2)cc1. The fourth-order valence-corrected chi connectivity index (χ4v) is 6.36. The minimum absolute atomic E-state index is 1.23. The molecule has 0 heteroatoms. The highest BCUT2D eigenvalue weighted by Crippen LogP contribution is 2.40. The molecule has 0 amide bonds. The number of fused-ring (bicyclic) bond motifs is 5. The van der Waals surface area contributed by atoms with Crippen LogP contribution in [0.2, 0.25) is 0 Å². The van der Waals surface area contributed by atoms with Crippen LogP contribution in [0.25, 0.3) is 76.8 Å². The summed E-state index contributed by atoms with van der Waals surface area (Å²) in [7, 11) is 0. The van der Waals surface area contributed by atoms with Gasteiger partial charge in [-0.2, -0.15) is 0 Å². The Balaban J connectivity index is 1.28. The van der Waals surface area contributed by atoms with Gasteiger partial charge in [0.05, 0.1) is 0 Å². The fraction of sp³-hybridized carbons (Fsp3) is 0. The summed E-state index contributed by atoms with van der Waals surface area (Å²) in [6, 6.07) is 61.7. The molecule has 0 aromatic heterocycles. The van der Waals surface area contributed by atoms with E-state index in [-0.39, 0.29) is 0 Å².